The molecule has 0 bridgehead atoms. The minimum atomic E-state index is -0.659. The maximum atomic E-state index is 14.1. The number of fused-ring (bicyclic) bond motifs is 5. The molecule has 0 unspecified atom stereocenters. The fraction of sp³-hybridized carbons (Fsp3) is 0.267. The number of carbonyl (C=O) groups is 2. The number of hydrogen-bond donors (Lipinski definition) is 1. The number of aromatic nitrogens is 1. The van der Waals surface area contributed by atoms with Gasteiger partial charge in [0.05, 0.1) is 14.2 Å². The lowest BCUT2D eigenvalue weighted by Crippen LogP contribution is -2.62. The first-order valence-electron chi connectivity index (χ1n) is 12.9. The van der Waals surface area contributed by atoms with Crippen molar-refractivity contribution in [3.8, 4) is 23.0 Å². The summed E-state index contributed by atoms with van der Waals surface area (Å²) in [5, 5.41) is 1.05. The smallest absolute Gasteiger partial charge is 0.246 e. The Hall–Kier alpha value is -4.66. The summed E-state index contributed by atoms with van der Waals surface area (Å²) in [7, 11) is 3.21. The van der Waals surface area contributed by atoms with E-state index >= 15 is 0 Å². The predicted molar refractivity (Wildman–Crippen MR) is 142 cm³/mol. The van der Waals surface area contributed by atoms with Crippen molar-refractivity contribution in [3.05, 3.63) is 83.0 Å². The van der Waals surface area contributed by atoms with Gasteiger partial charge in [-0.15, -0.1) is 0 Å². The van der Waals surface area contributed by atoms with Crippen LogP contribution >= 0.6 is 0 Å². The molecule has 0 saturated carbocycles. The molecule has 4 heterocycles. The average molecular weight is 526 g/mol. The molecule has 198 valence electrons. The molecule has 3 aliphatic rings. The van der Waals surface area contributed by atoms with Gasteiger partial charge in [0.25, 0.3) is 0 Å². The summed E-state index contributed by atoms with van der Waals surface area (Å²) >= 11 is 0. The highest BCUT2D eigenvalue weighted by atomic mass is 16.7. The number of ether oxygens (including phenoxy) is 4. The maximum absolute atomic E-state index is 14.1. The van der Waals surface area contributed by atoms with E-state index in [0.717, 1.165) is 33.3 Å². The van der Waals surface area contributed by atoms with Gasteiger partial charge in [-0.2, -0.15) is 0 Å². The van der Waals surface area contributed by atoms with Crippen LogP contribution in [-0.2, 0) is 22.6 Å². The molecule has 0 radical (unpaired) electrons. The summed E-state index contributed by atoms with van der Waals surface area (Å²) in [6.07, 6.45) is 0.421. The minimum Gasteiger partial charge on any atom is -0.497 e. The third-order valence-corrected chi connectivity index (χ3v) is 7.88. The van der Waals surface area contributed by atoms with Gasteiger partial charge in [-0.1, -0.05) is 24.3 Å². The van der Waals surface area contributed by atoms with Gasteiger partial charge in [0, 0.05) is 35.1 Å². The van der Waals surface area contributed by atoms with Gasteiger partial charge in [0.15, 0.2) is 11.5 Å². The molecular weight excluding hydrogens is 498 g/mol. The Labute approximate surface area is 224 Å². The number of nitrogens with one attached hydrogen (secondary N) is 1. The molecule has 9 heteroatoms. The predicted octanol–water partition coefficient (Wildman–Crippen LogP) is 3.80. The van der Waals surface area contributed by atoms with Crippen molar-refractivity contribution >= 4 is 22.7 Å². The second-order valence-electron chi connectivity index (χ2n) is 9.98. The first-order chi connectivity index (χ1) is 19.1. The zero-order valence-corrected chi connectivity index (χ0v) is 21.6. The number of rotatable bonds is 5. The van der Waals surface area contributed by atoms with E-state index in [2.05, 4.69) is 11.1 Å². The van der Waals surface area contributed by atoms with Crippen LogP contribution in [0.5, 0.6) is 23.0 Å². The number of H-pyrrole nitrogens is 1. The van der Waals surface area contributed by atoms with E-state index < -0.39 is 12.1 Å². The Morgan fingerprint density at radius 2 is 1.82 bits per heavy atom. The minimum absolute atomic E-state index is 0.0257. The second kappa shape index (κ2) is 8.97. The molecule has 1 fully saturated rings. The molecule has 4 aromatic rings. The normalized spacial score (nSPS) is 19.7. The van der Waals surface area contributed by atoms with Crippen molar-refractivity contribution < 1.29 is 28.5 Å². The van der Waals surface area contributed by atoms with Gasteiger partial charge in [-0.25, -0.2) is 0 Å². The summed E-state index contributed by atoms with van der Waals surface area (Å²) in [4.78, 5) is 34.9. The molecule has 2 atom stereocenters. The second-order valence-corrected chi connectivity index (χ2v) is 9.98. The van der Waals surface area contributed by atoms with Crippen molar-refractivity contribution in [3.63, 3.8) is 0 Å². The SMILES string of the molecule is COc1ccc(OC)c([C@H]2c3[nH]c4ccccc4c3C[C@H]3C(=O)N(Cc4ccc5c(c4)OCO5)CC(=O)N23)c1. The van der Waals surface area contributed by atoms with Crippen LogP contribution in [0.15, 0.2) is 60.7 Å². The van der Waals surface area contributed by atoms with Crippen molar-refractivity contribution in [1.82, 2.24) is 14.8 Å². The standard InChI is InChI=1S/C30H27N3O6/c1-36-18-8-10-24(37-2)21(12-18)29-28-20(19-5-3-4-6-22(19)31-28)13-23-30(35)32(15-27(34)33(23)29)14-17-7-9-25-26(11-17)39-16-38-25/h3-12,23,29,31H,13-16H2,1-2H3/t23-,29-/m0/s1. The van der Waals surface area contributed by atoms with Gasteiger partial charge in [-0.05, 0) is 47.5 Å². The maximum Gasteiger partial charge on any atom is 0.246 e. The molecule has 3 aliphatic heterocycles. The molecule has 3 aromatic carbocycles. The highest BCUT2D eigenvalue weighted by Crippen LogP contribution is 2.46. The molecule has 0 spiro atoms. The van der Waals surface area contributed by atoms with Crippen LogP contribution in [-0.4, -0.2) is 60.2 Å². The van der Waals surface area contributed by atoms with Crippen molar-refractivity contribution in [1.29, 1.82) is 0 Å². The molecule has 1 N–H and O–H groups in total. The lowest BCUT2D eigenvalue weighted by atomic mass is 9.85. The van der Waals surface area contributed by atoms with Gasteiger partial charge in [-0.3, -0.25) is 9.59 Å². The summed E-state index contributed by atoms with van der Waals surface area (Å²) in [5.74, 6) is 2.38. The quantitative estimate of drug-likeness (QED) is 0.426. The number of piperazine rings is 1. The highest BCUT2D eigenvalue weighted by Gasteiger charge is 2.49. The lowest BCUT2D eigenvalue weighted by Gasteiger charge is -2.47. The first kappa shape index (κ1) is 23.5. The third kappa shape index (κ3) is 3.68. The van der Waals surface area contributed by atoms with Crippen molar-refractivity contribution in [2.24, 2.45) is 0 Å². The number of methoxy groups -OCH3 is 2. The van der Waals surface area contributed by atoms with Crippen molar-refractivity contribution in [2.45, 2.75) is 25.0 Å². The van der Waals surface area contributed by atoms with E-state index in [1.54, 1.807) is 24.0 Å². The number of nitrogens with zero attached hydrogens (tertiary/aromatic N) is 2. The van der Waals surface area contributed by atoms with E-state index in [4.69, 9.17) is 18.9 Å². The fourth-order valence-corrected chi connectivity index (χ4v) is 6.09. The van der Waals surface area contributed by atoms with E-state index in [-0.39, 0.29) is 25.2 Å². The Morgan fingerprint density at radius 1 is 0.974 bits per heavy atom. The van der Waals surface area contributed by atoms with E-state index in [9.17, 15) is 9.59 Å². The third-order valence-electron chi connectivity index (χ3n) is 7.88. The Bertz CT molecular complexity index is 1630. The summed E-state index contributed by atoms with van der Waals surface area (Å²) in [5.41, 5.74) is 4.53. The summed E-state index contributed by atoms with van der Waals surface area (Å²) in [6, 6.07) is 18.0. The molecular formula is C30H27N3O6. The Kier molecular flexibility index (Phi) is 5.40. The monoisotopic (exact) mass is 525 g/mol. The molecule has 39 heavy (non-hydrogen) atoms. The molecule has 9 nitrogen and oxygen atoms in total. The largest absolute Gasteiger partial charge is 0.497 e. The number of hydrogen-bond acceptors (Lipinski definition) is 6. The van der Waals surface area contributed by atoms with Gasteiger partial charge >= 0.3 is 0 Å². The first-order valence-corrected chi connectivity index (χ1v) is 12.9. The molecule has 7 rings (SSSR count). The number of amides is 2. The van der Waals surface area contributed by atoms with Crippen LogP contribution in [0.25, 0.3) is 10.9 Å². The van der Waals surface area contributed by atoms with Gasteiger partial charge in [0.1, 0.15) is 30.1 Å². The van der Waals surface area contributed by atoms with Crippen LogP contribution in [0.2, 0.25) is 0 Å². The Morgan fingerprint density at radius 3 is 2.67 bits per heavy atom. The topological polar surface area (TPSA) is 93.3 Å². The molecule has 1 aromatic heterocycles. The number of aromatic amines is 1. The van der Waals surface area contributed by atoms with E-state index in [1.165, 1.54) is 0 Å². The van der Waals surface area contributed by atoms with Crippen LogP contribution in [0, 0.1) is 0 Å². The molecule has 1 saturated heterocycles. The van der Waals surface area contributed by atoms with Crippen LogP contribution in [0.3, 0.4) is 0 Å². The number of para-hydroxylation sites is 1. The fourth-order valence-electron chi connectivity index (χ4n) is 6.09. The summed E-state index contributed by atoms with van der Waals surface area (Å²) < 4.78 is 22.2. The zero-order valence-electron chi connectivity index (χ0n) is 21.6. The molecule has 2 amide bonds. The molecule has 0 aliphatic carbocycles. The van der Waals surface area contributed by atoms with E-state index in [0.29, 0.717) is 36.0 Å². The van der Waals surface area contributed by atoms with Crippen LogP contribution in [0.1, 0.15) is 28.4 Å². The van der Waals surface area contributed by atoms with Crippen LogP contribution < -0.4 is 18.9 Å². The summed E-state index contributed by atoms with van der Waals surface area (Å²) in [6.45, 7) is 0.459. The van der Waals surface area contributed by atoms with Crippen molar-refractivity contribution in [2.75, 3.05) is 27.6 Å². The van der Waals surface area contributed by atoms with Gasteiger partial charge < -0.3 is 33.7 Å². The lowest BCUT2D eigenvalue weighted by molar-refractivity contribution is -0.159. The van der Waals surface area contributed by atoms with E-state index in [1.807, 2.05) is 54.6 Å². The van der Waals surface area contributed by atoms with Gasteiger partial charge in [0.2, 0.25) is 18.6 Å². The average Bonchev–Trinajstić information content (AvgIpc) is 3.58. The highest BCUT2D eigenvalue weighted by molar-refractivity contribution is 5.97. The Balaban J connectivity index is 1.33. The van der Waals surface area contributed by atoms with Crippen LogP contribution in [0.4, 0.5) is 0 Å². The number of benzene rings is 3. The zero-order chi connectivity index (χ0) is 26.7. The number of carbonyl (C=O) groups excluding carboxylic acids is 2.